The minimum atomic E-state index is -0.884. The van der Waals surface area contributed by atoms with E-state index in [1.165, 1.54) is 9.13 Å². The van der Waals surface area contributed by atoms with Gasteiger partial charge in [-0.3, -0.25) is 24.5 Å². The summed E-state index contributed by atoms with van der Waals surface area (Å²) in [6, 6.07) is 3.04. The van der Waals surface area contributed by atoms with Gasteiger partial charge in [0, 0.05) is 19.7 Å². The summed E-state index contributed by atoms with van der Waals surface area (Å²) >= 11 is 0. The Kier molecular flexibility index (Phi) is 5.25. The minimum Gasteiger partial charge on any atom is -0.483 e. The van der Waals surface area contributed by atoms with Gasteiger partial charge in [0.1, 0.15) is 12.4 Å². The summed E-state index contributed by atoms with van der Waals surface area (Å²) in [6.07, 6.45) is 1.59. The fourth-order valence-corrected chi connectivity index (χ4v) is 2.81. The van der Waals surface area contributed by atoms with E-state index in [-0.39, 0.29) is 29.2 Å². The van der Waals surface area contributed by atoms with Crippen LogP contribution < -0.4 is 16.0 Å². The number of fused-ring (bicyclic) bond motifs is 1. The van der Waals surface area contributed by atoms with Crippen molar-refractivity contribution in [2.45, 2.75) is 32.9 Å². The number of nitrogens with zero attached hydrogens (tertiary/aromatic N) is 4. The molecule has 0 atom stereocenters. The van der Waals surface area contributed by atoms with Crippen LogP contribution in [0, 0.1) is 15.9 Å². The maximum Gasteiger partial charge on any atom is 0.330 e. The van der Waals surface area contributed by atoms with E-state index in [2.05, 4.69) is 9.97 Å². The SMILES string of the molecule is CCCCn1c(=O)[nH]c(=O)c2c1nc(COc1ccc([N+](=O)[O-])cc1F)n2C. The zero-order valence-electron chi connectivity index (χ0n) is 15.3. The number of nitro groups is 1. The van der Waals surface area contributed by atoms with Crippen LogP contribution in [0.3, 0.4) is 0 Å². The highest BCUT2D eigenvalue weighted by molar-refractivity contribution is 5.70. The molecule has 0 aliphatic rings. The van der Waals surface area contributed by atoms with Gasteiger partial charge in [0.25, 0.3) is 11.2 Å². The molecule has 2 aromatic heterocycles. The summed E-state index contributed by atoms with van der Waals surface area (Å²) in [7, 11) is 1.59. The molecular weight excluding hydrogens is 373 g/mol. The van der Waals surface area contributed by atoms with Gasteiger partial charge in [-0.05, 0) is 12.5 Å². The van der Waals surface area contributed by atoms with Gasteiger partial charge in [0.15, 0.2) is 22.7 Å². The van der Waals surface area contributed by atoms with Crippen LogP contribution in [0.25, 0.3) is 11.2 Å². The third-order valence-corrected chi connectivity index (χ3v) is 4.32. The Hall–Kier alpha value is -3.50. The second-order valence-corrected chi connectivity index (χ2v) is 6.18. The third kappa shape index (κ3) is 3.50. The van der Waals surface area contributed by atoms with Crippen molar-refractivity contribution < 1.29 is 14.1 Å². The van der Waals surface area contributed by atoms with Crippen molar-refractivity contribution in [3.05, 3.63) is 60.8 Å². The largest absolute Gasteiger partial charge is 0.483 e. The summed E-state index contributed by atoms with van der Waals surface area (Å²) in [4.78, 5) is 40.9. The Morgan fingerprint density at radius 3 is 2.75 bits per heavy atom. The highest BCUT2D eigenvalue weighted by atomic mass is 19.1. The first-order valence-corrected chi connectivity index (χ1v) is 8.58. The fraction of sp³-hybridized carbons (Fsp3) is 0.353. The minimum absolute atomic E-state index is 0.185. The van der Waals surface area contributed by atoms with Crippen LogP contribution in [0.15, 0.2) is 27.8 Å². The monoisotopic (exact) mass is 391 g/mol. The Morgan fingerprint density at radius 1 is 1.36 bits per heavy atom. The normalized spacial score (nSPS) is 11.1. The van der Waals surface area contributed by atoms with E-state index < -0.39 is 22.0 Å². The molecule has 0 unspecified atom stereocenters. The topological polar surface area (TPSA) is 125 Å². The molecule has 0 saturated heterocycles. The number of ether oxygens (including phenoxy) is 1. The van der Waals surface area contributed by atoms with Crippen molar-refractivity contribution in [1.29, 1.82) is 0 Å². The molecule has 0 bridgehead atoms. The standard InChI is InChI=1S/C17H18FN5O5/c1-3-4-7-22-15-14(16(24)20-17(22)25)21(2)13(19-15)9-28-12-6-5-10(23(26)27)8-11(12)18/h5-6,8H,3-4,7,9H2,1-2H3,(H,20,24,25). The van der Waals surface area contributed by atoms with E-state index in [4.69, 9.17) is 4.74 Å². The lowest BCUT2D eigenvalue weighted by molar-refractivity contribution is -0.385. The van der Waals surface area contributed by atoms with Crippen LogP contribution in [0.2, 0.25) is 0 Å². The second-order valence-electron chi connectivity index (χ2n) is 6.18. The highest BCUT2D eigenvalue weighted by Crippen LogP contribution is 2.23. The number of H-pyrrole nitrogens is 1. The van der Waals surface area contributed by atoms with E-state index in [9.17, 15) is 24.1 Å². The maximum absolute atomic E-state index is 14.0. The molecule has 3 rings (SSSR count). The summed E-state index contributed by atoms with van der Waals surface area (Å²) in [6.45, 7) is 2.18. The number of halogens is 1. The van der Waals surface area contributed by atoms with Gasteiger partial charge >= 0.3 is 5.69 Å². The molecule has 0 amide bonds. The van der Waals surface area contributed by atoms with Gasteiger partial charge in [-0.25, -0.2) is 14.2 Å². The molecule has 0 fully saturated rings. The van der Waals surface area contributed by atoms with Gasteiger partial charge < -0.3 is 9.30 Å². The molecular formula is C17H18FN5O5. The smallest absolute Gasteiger partial charge is 0.330 e. The number of imidazole rings is 1. The summed E-state index contributed by atoms with van der Waals surface area (Å²) < 4.78 is 22.2. The average molecular weight is 391 g/mol. The number of non-ortho nitro benzene ring substituents is 1. The quantitative estimate of drug-likeness (QED) is 0.484. The molecule has 0 aliphatic carbocycles. The molecule has 148 valence electrons. The van der Waals surface area contributed by atoms with Crippen molar-refractivity contribution >= 4 is 16.9 Å². The molecule has 28 heavy (non-hydrogen) atoms. The van der Waals surface area contributed by atoms with Crippen molar-refractivity contribution in [3.63, 3.8) is 0 Å². The number of nitrogens with one attached hydrogen (secondary N) is 1. The lowest BCUT2D eigenvalue weighted by atomic mass is 10.3. The lowest BCUT2D eigenvalue weighted by Gasteiger charge is -2.07. The predicted octanol–water partition coefficient (Wildman–Crippen LogP) is 1.85. The van der Waals surface area contributed by atoms with E-state index >= 15 is 0 Å². The van der Waals surface area contributed by atoms with Gasteiger partial charge in [-0.1, -0.05) is 13.3 Å². The van der Waals surface area contributed by atoms with Crippen LogP contribution in [-0.2, 0) is 20.2 Å². The molecule has 1 aromatic carbocycles. The maximum atomic E-state index is 14.0. The van der Waals surface area contributed by atoms with Crippen LogP contribution in [0.4, 0.5) is 10.1 Å². The number of aromatic amines is 1. The fourth-order valence-electron chi connectivity index (χ4n) is 2.81. The molecule has 0 spiro atoms. The molecule has 10 nitrogen and oxygen atoms in total. The van der Waals surface area contributed by atoms with Gasteiger partial charge in [-0.2, -0.15) is 0 Å². The Morgan fingerprint density at radius 2 is 2.11 bits per heavy atom. The zero-order valence-corrected chi connectivity index (χ0v) is 15.3. The number of hydrogen-bond donors (Lipinski definition) is 1. The number of benzene rings is 1. The van der Waals surface area contributed by atoms with E-state index in [0.717, 1.165) is 31.0 Å². The Bertz CT molecular complexity index is 1160. The first kappa shape index (κ1) is 19.3. The zero-order chi connectivity index (χ0) is 20.4. The highest BCUT2D eigenvalue weighted by Gasteiger charge is 2.18. The van der Waals surface area contributed by atoms with Crippen LogP contribution in [-0.4, -0.2) is 24.0 Å². The number of unbranched alkanes of at least 4 members (excludes halogenated alkanes) is 1. The van der Waals surface area contributed by atoms with Crippen molar-refractivity contribution in [2.75, 3.05) is 0 Å². The van der Waals surface area contributed by atoms with Crippen LogP contribution in [0.1, 0.15) is 25.6 Å². The summed E-state index contributed by atoms with van der Waals surface area (Å²) in [5, 5.41) is 10.7. The van der Waals surface area contributed by atoms with Crippen molar-refractivity contribution in [2.24, 2.45) is 7.05 Å². The molecule has 0 aliphatic heterocycles. The summed E-state index contributed by atoms with van der Waals surface area (Å²) in [5.74, 6) is -0.769. The number of aromatic nitrogens is 4. The van der Waals surface area contributed by atoms with Crippen LogP contribution >= 0.6 is 0 Å². The Labute approximate surface area is 157 Å². The van der Waals surface area contributed by atoms with E-state index in [1.807, 2.05) is 6.92 Å². The third-order valence-electron chi connectivity index (χ3n) is 4.32. The molecule has 0 radical (unpaired) electrons. The lowest BCUT2D eigenvalue weighted by Crippen LogP contribution is -2.31. The van der Waals surface area contributed by atoms with E-state index in [1.54, 1.807) is 7.05 Å². The molecule has 0 saturated carbocycles. The average Bonchev–Trinajstić information content (AvgIpc) is 2.97. The van der Waals surface area contributed by atoms with Crippen molar-refractivity contribution in [1.82, 2.24) is 19.1 Å². The second kappa shape index (κ2) is 7.62. The first-order valence-electron chi connectivity index (χ1n) is 8.58. The number of hydrogen-bond acceptors (Lipinski definition) is 6. The first-order chi connectivity index (χ1) is 13.3. The number of rotatable bonds is 7. The number of aryl methyl sites for hydroxylation is 2. The predicted molar refractivity (Wildman–Crippen MR) is 97.9 cm³/mol. The molecule has 3 aromatic rings. The van der Waals surface area contributed by atoms with E-state index in [0.29, 0.717) is 12.4 Å². The van der Waals surface area contributed by atoms with Gasteiger partial charge in [-0.15, -0.1) is 0 Å². The Balaban J connectivity index is 1.95. The molecule has 1 N–H and O–H groups in total. The summed E-state index contributed by atoms with van der Waals surface area (Å²) in [5.41, 5.74) is -1.07. The van der Waals surface area contributed by atoms with Gasteiger partial charge in [0.2, 0.25) is 0 Å². The molecule has 2 heterocycles. The van der Waals surface area contributed by atoms with Crippen LogP contribution in [0.5, 0.6) is 5.75 Å². The van der Waals surface area contributed by atoms with Crippen molar-refractivity contribution in [3.8, 4) is 5.75 Å². The number of nitro benzene ring substituents is 1. The molecule has 11 heteroatoms. The van der Waals surface area contributed by atoms with Gasteiger partial charge in [0.05, 0.1) is 11.0 Å².